The second-order valence-corrected chi connectivity index (χ2v) is 15.4. The minimum atomic E-state index is -0.269. The lowest BCUT2D eigenvalue weighted by molar-refractivity contribution is 0.475. The summed E-state index contributed by atoms with van der Waals surface area (Å²) in [5, 5.41) is 3.59. The predicted molar refractivity (Wildman–Crippen MR) is 232 cm³/mol. The molecule has 272 valence electrons. The number of rotatable bonds is 6. The van der Waals surface area contributed by atoms with E-state index in [9.17, 15) is 0 Å². The van der Waals surface area contributed by atoms with Crippen LogP contribution >= 0.6 is 0 Å². The van der Waals surface area contributed by atoms with Gasteiger partial charge in [-0.3, -0.25) is 0 Å². The van der Waals surface area contributed by atoms with Crippen LogP contribution in [0.2, 0.25) is 0 Å². The first kappa shape index (κ1) is 33.2. The zero-order valence-electron chi connectivity index (χ0n) is 31.5. The van der Waals surface area contributed by atoms with E-state index in [1.165, 1.54) is 38.5 Å². The third kappa shape index (κ3) is 5.74. The summed E-state index contributed by atoms with van der Waals surface area (Å²) in [5.74, 6) is 3.19. The van der Waals surface area contributed by atoms with Crippen LogP contribution in [0.5, 0.6) is 0 Å². The van der Waals surface area contributed by atoms with E-state index in [1.54, 1.807) is 0 Å². The molecule has 2 atom stereocenters. The summed E-state index contributed by atoms with van der Waals surface area (Å²) in [5.41, 5.74) is 10.8. The van der Waals surface area contributed by atoms with E-state index >= 15 is 0 Å². The largest absolute Gasteiger partial charge is 0.460 e. The number of nitrogens with zero attached hydrogens (tertiary/aromatic N) is 4. The van der Waals surface area contributed by atoms with E-state index in [2.05, 4.69) is 163 Å². The number of benzene rings is 6. The number of hydrogen-bond donors (Lipinski definition) is 0. The fraction of sp³-hybridized carbons (Fsp3) is 0.0962. The normalized spacial score (nSPS) is 17.5. The van der Waals surface area contributed by atoms with Gasteiger partial charge < -0.3 is 8.98 Å². The van der Waals surface area contributed by atoms with Crippen molar-refractivity contribution in [2.75, 3.05) is 0 Å². The van der Waals surface area contributed by atoms with Gasteiger partial charge in [0.05, 0.1) is 11.0 Å². The van der Waals surface area contributed by atoms with Crippen LogP contribution in [0.15, 0.2) is 180 Å². The number of furan rings is 1. The van der Waals surface area contributed by atoms with Crippen molar-refractivity contribution < 1.29 is 4.42 Å². The van der Waals surface area contributed by atoms with E-state index in [-0.39, 0.29) is 11.3 Å². The molecule has 5 nitrogen and oxygen atoms in total. The summed E-state index contributed by atoms with van der Waals surface area (Å²) >= 11 is 0. The summed E-state index contributed by atoms with van der Waals surface area (Å²) in [6.07, 6.45) is 14.7. The standard InChI is InChI=1S/C52H38N4O/c1-52(39-20-13-21-40(32-39)56-45-23-12-11-22-41(45)44-30-37(25-27-46(44)56)34-14-5-2-6-15-34)29-28-43-42-26-24-38(31-47(42)57-48(43)33-52)51-54-49(35-16-7-3-8-17-35)53-50(55-51)36-18-9-4-10-19-36/h2-18,20-32,36H,19,33H2,1H3. The van der Waals surface area contributed by atoms with Crippen LogP contribution in [0.25, 0.3) is 78.4 Å². The summed E-state index contributed by atoms with van der Waals surface area (Å²) in [7, 11) is 0. The molecule has 0 saturated heterocycles. The van der Waals surface area contributed by atoms with Crippen LogP contribution in [-0.2, 0) is 11.8 Å². The Bertz CT molecular complexity index is 3100. The Kier molecular flexibility index (Phi) is 7.75. The molecule has 0 bridgehead atoms. The molecule has 0 spiro atoms. The van der Waals surface area contributed by atoms with Gasteiger partial charge in [-0.2, -0.15) is 0 Å². The Hall–Kier alpha value is -7.11. The number of fused-ring (bicyclic) bond motifs is 6. The maximum atomic E-state index is 6.75. The van der Waals surface area contributed by atoms with E-state index in [1.807, 2.05) is 30.3 Å². The minimum absolute atomic E-state index is 0.0997. The molecule has 0 N–H and O–H groups in total. The maximum absolute atomic E-state index is 6.75. The van der Waals surface area contributed by atoms with Gasteiger partial charge in [0.15, 0.2) is 11.6 Å². The summed E-state index contributed by atoms with van der Waals surface area (Å²) in [6, 6.07) is 51.7. The zero-order chi connectivity index (χ0) is 37.9. The van der Waals surface area contributed by atoms with E-state index in [4.69, 9.17) is 19.4 Å². The third-order valence-corrected chi connectivity index (χ3v) is 11.7. The molecular weight excluding hydrogens is 697 g/mol. The minimum Gasteiger partial charge on any atom is -0.460 e. The molecule has 2 aliphatic rings. The average molecular weight is 735 g/mol. The smallest absolute Gasteiger partial charge is 0.163 e. The van der Waals surface area contributed by atoms with Crippen LogP contribution in [0.3, 0.4) is 0 Å². The van der Waals surface area contributed by atoms with Gasteiger partial charge >= 0.3 is 0 Å². The number of hydrogen-bond acceptors (Lipinski definition) is 4. The quantitative estimate of drug-likeness (QED) is 0.171. The highest BCUT2D eigenvalue weighted by atomic mass is 16.3. The van der Waals surface area contributed by atoms with Gasteiger partial charge in [0, 0.05) is 56.3 Å². The van der Waals surface area contributed by atoms with Gasteiger partial charge in [0.2, 0.25) is 0 Å². The molecule has 2 aliphatic carbocycles. The van der Waals surface area contributed by atoms with E-state index in [0.29, 0.717) is 11.6 Å². The first-order chi connectivity index (χ1) is 28.1. The fourth-order valence-corrected chi connectivity index (χ4v) is 8.72. The Morgan fingerprint density at radius 3 is 2.19 bits per heavy atom. The highest BCUT2D eigenvalue weighted by molar-refractivity contribution is 6.10. The highest BCUT2D eigenvalue weighted by Crippen LogP contribution is 2.42. The average Bonchev–Trinajstić information content (AvgIpc) is 3.81. The van der Waals surface area contributed by atoms with Gasteiger partial charge in [0.25, 0.3) is 0 Å². The monoisotopic (exact) mass is 734 g/mol. The molecule has 5 heteroatoms. The number of aromatic nitrogens is 4. The van der Waals surface area contributed by atoms with Crippen molar-refractivity contribution >= 4 is 38.9 Å². The topological polar surface area (TPSA) is 56.7 Å². The molecule has 11 rings (SSSR count). The molecule has 9 aromatic rings. The van der Waals surface area contributed by atoms with Gasteiger partial charge in [-0.25, -0.2) is 15.0 Å². The SMILES string of the molecule is CC1(c2cccc(-n3c4ccccc4c4cc(-c5ccccc5)ccc43)c2)C=Cc2c(oc3cc(-c4nc(-c5ccccc5)nc(C5C=CC=CC5)n4)ccc23)C1. The van der Waals surface area contributed by atoms with Crippen LogP contribution in [-0.4, -0.2) is 19.5 Å². The zero-order valence-corrected chi connectivity index (χ0v) is 31.5. The third-order valence-electron chi connectivity index (χ3n) is 11.7. The van der Waals surface area contributed by atoms with Gasteiger partial charge in [-0.15, -0.1) is 0 Å². The Balaban J connectivity index is 0.948. The van der Waals surface area contributed by atoms with Crippen molar-refractivity contribution in [1.82, 2.24) is 19.5 Å². The molecule has 57 heavy (non-hydrogen) atoms. The predicted octanol–water partition coefficient (Wildman–Crippen LogP) is 12.8. The lowest BCUT2D eigenvalue weighted by Crippen LogP contribution is -2.24. The van der Waals surface area contributed by atoms with Crippen molar-refractivity contribution in [2.24, 2.45) is 0 Å². The number of allylic oxidation sites excluding steroid dienone is 5. The molecule has 3 heterocycles. The van der Waals surface area contributed by atoms with Gasteiger partial charge in [-0.1, -0.05) is 147 Å². The van der Waals surface area contributed by atoms with Crippen LogP contribution in [0.4, 0.5) is 0 Å². The molecule has 0 fully saturated rings. The van der Waals surface area contributed by atoms with Crippen molar-refractivity contribution in [2.45, 2.75) is 31.1 Å². The van der Waals surface area contributed by atoms with Crippen molar-refractivity contribution in [3.63, 3.8) is 0 Å². The Morgan fingerprint density at radius 2 is 1.37 bits per heavy atom. The van der Waals surface area contributed by atoms with Gasteiger partial charge in [0.1, 0.15) is 17.2 Å². The molecule has 0 amide bonds. The first-order valence-corrected chi connectivity index (χ1v) is 19.7. The maximum Gasteiger partial charge on any atom is 0.163 e. The molecule has 6 aromatic carbocycles. The Morgan fingerprint density at radius 1 is 0.614 bits per heavy atom. The molecule has 0 radical (unpaired) electrons. The molecule has 3 aromatic heterocycles. The lowest BCUT2D eigenvalue weighted by Gasteiger charge is -2.29. The van der Waals surface area contributed by atoms with E-state index in [0.717, 1.165) is 57.8 Å². The molecule has 0 aliphatic heterocycles. The van der Waals surface area contributed by atoms with Crippen molar-refractivity contribution in [1.29, 1.82) is 0 Å². The van der Waals surface area contributed by atoms with Crippen molar-refractivity contribution in [3.8, 4) is 39.6 Å². The van der Waals surface area contributed by atoms with Crippen LogP contribution < -0.4 is 0 Å². The fourth-order valence-electron chi connectivity index (χ4n) is 8.72. The summed E-state index contributed by atoms with van der Waals surface area (Å²) in [6.45, 7) is 2.31. The van der Waals surface area contributed by atoms with Crippen LogP contribution in [0, 0.1) is 0 Å². The molecule has 2 unspecified atom stereocenters. The van der Waals surface area contributed by atoms with Gasteiger partial charge in [-0.05, 0) is 65.6 Å². The highest BCUT2D eigenvalue weighted by Gasteiger charge is 2.32. The lowest BCUT2D eigenvalue weighted by atomic mass is 9.75. The number of para-hydroxylation sites is 1. The van der Waals surface area contributed by atoms with E-state index < -0.39 is 0 Å². The van der Waals surface area contributed by atoms with Crippen molar-refractivity contribution in [3.05, 3.63) is 199 Å². The summed E-state index contributed by atoms with van der Waals surface area (Å²) < 4.78 is 9.16. The molecule has 0 saturated carbocycles. The first-order valence-electron chi connectivity index (χ1n) is 19.7. The Labute approximate surface area is 331 Å². The summed E-state index contributed by atoms with van der Waals surface area (Å²) in [4.78, 5) is 14.9. The second-order valence-electron chi connectivity index (χ2n) is 15.4. The van der Waals surface area contributed by atoms with Crippen LogP contribution in [0.1, 0.15) is 42.0 Å². The second kappa shape index (κ2) is 13.3. The molecular formula is C52H38N4O.